The maximum Gasteiger partial charge on any atom is 0.243 e. The van der Waals surface area contributed by atoms with Crippen molar-refractivity contribution in [3.63, 3.8) is 0 Å². The summed E-state index contributed by atoms with van der Waals surface area (Å²) < 4.78 is 27.1. The molecule has 5 nitrogen and oxygen atoms in total. The van der Waals surface area contributed by atoms with Crippen LogP contribution >= 0.6 is 11.6 Å². The van der Waals surface area contributed by atoms with Crippen LogP contribution in [0.2, 0.25) is 5.02 Å². The Labute approximate surface area is 160 Å². The molecule has 0 aliphatic carbocycles. The molecule has 2 aromatic carbocycles. The first-order valence-electron chi connectivity index (χ1n) is 8.76. The largest absolute Gasteiger partial charge is 0.326 e. The molecule has 0 radical (unpaired) electrons. The summed E-state index contributed by atoms with van der Waals surface area (Å²) in [5.74, 6) is 0. The van der Waals surface area contributed by atoms with E-state index in [9.17, 15) is 8.42 Å². The maximum atomic E-state index is 12.8. The van der Waals surface area contributed by atoms with Gasteiger partial charge in [-0.3, -0.25) is 0 Å². The van der Waals surface area contributed by atoms with Gasteiger partial charge in [0.15, 0.2) is 0 Å². The quantitative estimate of drug-likeness (QED) is 0.791. The SMILES string of the molecule is NCc1ccc(S(=O)(=O)N2CCC(NCc3ccc(Cl)cc3)CC2)cc1. The Morgan fingerprint density at radius 2 is 1.58 bits per heavy atom. The molecule has 3 N–H and O–H groups in total. The molecule has 0 unspecified atom stereocenters. The van der Waals surface area contributed by atoms with Crippen molar-refractivity contribution in [3.05, 3.63) is 64.7 Å². The lowest BCUT2D eigenvalue weighted by atomic mass is 10.1. The number of sulfonamides is 1. The molecule has 1 saturated heterocycles. The zero-order valence-electron chi connectivity index (χ0n) is 14.6. The van der Waals surface area contributed by atoms with Crippen LogP contribution in [0.3, 0.4) is 0 Å². The van der Waals surface area contributed by atoms with E-state index >= 15 is 0 Å². The van der Waals surface area contributed by atoms with Crippen LogP contribution < -0.4 is 11.1 Å². The van der Waals surface area contributed by atoms with Crippen molar-refractivity contribution in [3.8, 4) is 0 Å². The van der Waals surface area contributed by atoms with Crippen LogP contribution in [0.4, 0.5) is 0 Å². The average molecular weight is 394 g/mol. The van der Waals surface area contributed by atoms with E-state index in [-0.39, 0.29) is 0 Å². The van der Waals surface area contributed by atoms with Gasteiger partial charge in [-0.1, -0.05) is 35.9 Å². The molecular formula is C19H24ClN3O2S. The van der Waals surface area contributed by atoms with E-state index in [1.165, 1.54) is 5.56 Å². The second-order valence-corrected chi connectivity index (χ2v) is 8.91. The molecule has 0 atom stereocenters. The predicted octanol–water partition coefficient (Wildman–Crippen LogP) is 2.74. The number of rotatable bonds is 6. The maximum absolute atomic E-state index is 12.8. The van der Waals surface area contributed by atoms with Crippen LogP contribution in [0.15, 0.2) is 53.4 Å². The summed E-state index contributed by atoms with van der Waals surface area (Å²) in [6.45, 7) is 2.22. The van der Waals surface area contributed by atoms with Crippen LogP contribution in [0.1, 0.15) is 24.0 Å². The molecule has 1 heterocycles. The number of benzene rings is 2. The lowest BCUT2D eigenvalue weighted by molar-refractivity contribution is 0.288. The standard InChI is InChI=1S/C19H24ClN3O2S/c20-17-5-1-16(2-6-17)14-22-18-9-11-23(12-10-18)26(24,25)19-7-3-15(13-21)4-8-19/h1-8,18,22H,9-14,21H2. The van der Waals surface area contributed by atoms with Gasteiger partial charge in [0.25, 0.3) is 0 Å². The van der Waals surface area contributed by atoms with Gasteiger partial charge in [-0.2, -0.15) is 4.31 Å². The van der Waals surface area contributed by atoms with Crippen molar-refractivity contribution in [1.82, 2.24) is 9.62 Å². The summed E-state index contributed by atoms with van der Waals surface area (Å²) in [6, 6.07) is 14.9. The first kappa shape index (κ1) is 19.3. The van der Waals surface area contributed by atoms with Crippen molar-refractivity contribution < 1.29 is 8.42 Å². The number of hydrogen-bond donors (Lipinski definition) is 2. The van der Waals surface area contributed by atoms with E-state index in [4.69, 9.17) is 17.3 Å². The Hall–Kier alpha value is -1.44. The van der Waals surface area contributed by atoms with Crippen molar-refractivity contribution in [2.75, 3.05) is 13.1 Å². The molecule has 2 aromatic rings. The molecule has 0 amide bonds. The van der Waals surface area contributed by atoms with Crippen LogP contribution in [-0.4, -0.2) is 31.9 Å². The topological polar surface area (TPSA) is 75.4 Å². The first-order chi connectivity index (χ1) is 12.5. The van der Waals surface area contributed by atoms with Crippen molar-refractivity contribution >= 4 is 21.6 Å². The van der Waals surface area contributed by atoms with Crippen LogP contribution in [0.5, 0.6) is 0 Å². The smallest absolute Gasteiger partial charge is 0.243 e. The number of nitrogens with two attached hydrogens (primary N) is 1. The van der Waals surface area contributed by atoms with Gasteiger partial charge in [0.05, 0.1) is 4.90 Å². The molecule has 140 valence electrons. The summed E-state index contributed by atoms with van der Waals surface area (Å²) in [6.07, 6.45) is 1.60. The minimum Gasteiger partial charge on any atom is -0.326 e. The number of halogens is 1. The molecule has 0 saturated carbocycles. The van der Waals surface area contributed by atoms with E-state index < -0.39 is 10.0 Å². The van der Waals surface area contributed by atoms with E-state index in [2.05, 4.69) is 5.32 Å². The monoisotopic (exact) mass is 393 g/mol. The van der Waals surface area contributed by atoms with Gasteiger partial charge < -0.3 is 11.1 Å². The Balaban J connectivity index is 1.54. The molecule has 0 spiro atoms. The molecule has 7 heteroatoms. The third-order valence-corrected chi connectivity index (χ3v) is 6.92. The van der Waals surface area contributed by atoms with Gasteiger partial charge in [-0.15, -0.1) is 0 Å². The molecule has 1 aliphatic heterocycles. The Bertz CT molecular complexity index is 815. The predicted molar refractivity (Wildman–Crippen MR) is 104 cm³/mol. The van der Waals surface area contributed by atoms with E-state index in [1.807, 2.05) is 24.3 Å². The fourth-order valence-electron chi connectivity index (χ4n) is 3.11. The van der Waals surface area contributed by atoms with Gasteiger partial charge in [-0.25, -0.2) is 8.42 Å². The van der Waals surface area contributed by atoms with Gasteiger partial charge in [0.1, 0.15) is 0 Å². The summed E-state index contributed by atoms with van der Waals surface area (Å²) in [5.41, 5.74) is 7.67. The summed E-state index contributed by atoms with van der Waals surface area (Å²) in [7, 11) is -3.43. The molecule has 0 bridgehead atoms. The lowest BCUT2D eigenvalue weighted by Gasteiger charge is -2.31. The fraction of sp³-hybridized carbons (Fsp3) is 0.368. The van der Waals surface area contributed by atoms with Gasteiger partial charge >= 0.3 is 0 Å². The highest BCUT2D eigenvalue weighted by atomic mass is 35.5. The van der Waals surface area contributed by atoms with E-state index in [0.29, 0.717) is 30.6 Å². The van der Waals surface area contributed by atoms with Gasteiger partial charge in [0, 0.05) is 37.2 Å². The second kappa shape index (κ2) is 8.50. The molecule has 3 rings (SSSR count). The Morgan fingerprint density at radius 1 is 1.00 bits per heavy atom. The summed E-state index contributed by atoms with van der Waals surface area (Å²) in [4.78, 5) is 0.335. The summed E-state index contributed by atoms with van der Waals surface area (Å²) >= 11 is 5.90. The number of nitrogens with one attached hydrogen (secondary N) is 1. The van der Waals surface area contributed by atoms with Crippen LogP contribution in [-0.2, 0) is 23.1 Å². The number of piperidine rings is 1. The minimum absolute atomic E-state index is 0.316. The van der Waals surface area contributed by atoms with Gasteiger partial charge in [-0.05, 0) is 48.2 Å². The third kappa shape index (κ3) is 4.64. The molecular weight excluding hydrogens is 370 g/mol. The average Bonchev–Trinajstić information content (AvgIpc) is 2.68. The molecule has 1 fully saturated rings. The Kier molecular flexibility index (Phi) is 6.32. The number of hydrogen-bond acceptors (Lipinski definition) is 4. The zero-order chi connectivity index (χ0) is 18.6. The van der Waals surface area contributed by atoms with E-state index in [1.54, 1.807) is 28.6 Å². The normalized spacial score (nSPS) is 16.7. The summed E-state index contributed by atoms with van der Waals surface area (Å²) in [5, 5.41) is 4.23. The zero-order valence-corrected chi connectivity index (χ0v) is 16.1. The fourth-order valence-corrected chi connectivity index (χ4v) is 4.71. The van der Waals surface area contributed by atoms with Crippen molar-refractivity contribution in [2.24, 2.45) is 5.73 Å². The highest BCUT2D eigenvalue weighted by Crippen LogP contribution is 2.21. The Morgan fingerprint density at radius 3 is 2.15 bits per heavy atom. The molecule has 26 heavy (non-hydrogen) atoms. The van der Waals surface area contributed by atoms with Crippen molar-refractivity contribution in [1.29, 1.82) is 0 Å². The molecule has 1 aliphatic rings. The van der Waals surface area contributed by atoms with E-state index in [0.717, 1.165) is 30.0 Å². The minimum atomic E-state index is -3.43. The highest BCUT2D eigenvalue weighted by molar-refractivity contribution is 7.89. The van der Waals surface area contributed by atoms with Crippen molar-refractivity contribution in [2.45, 2.75) is 36.9 Å². The third-order valence-electron chi connectivity index (χ3n) is 4.76. The first-order valence-corrected chi connectivity index (χ1v) is 10.6. The second-order valence-electron chi connectivity index (χ2n) is 6.53. The molecule has 0 aromatic heterocycles. The van der Waals surface area contributed by atoms with Crippen LogP contribution in [0, 0.1) is 0 Å². The highest BCUT2D eigenvalue weighted by Gasteiger charge is 2.29. The number of nitrogens with zero attached hydrogens (tertiary/aromatic N) is 1. The lowest BCUT2D eigenvalue weighted by Crippen LogP contribution is -2.44. The van der Waals surface area contributed by atoms with Gasteiger partial charge in [0.2, 0.25) is 10.0 Å². The van der Waals surface area contributed by atoms with Crippen LogP contribution in [0.25, 0.3) is 0 Å².